The van der Waals surface area contributed by atoms with Gasteiger partial charge in [-0.3, -0.25) is 0 Å². The summed E-state index contributed by atoms with van der Waals surface area (Å²) in [5.74, 6) is -0.437. The zero-order valence-corrected chi connectivity index (χ0v) is 13.0. The van der Waals surface area contributed by atoms with E-state index in [1.807, 2.05) is 0 Å². The molecule has 0 aromatic heterocycles. The fraction of sp³-hybridized carbons (Fsp3) is 0.600. The average Bonchev–Trinajstić information content (AvgIpc) is 2.45. The zero-order valence-electron chi connectivity index (χ0n) is 12.2. The summed E-state index contributed by atoms with van der Waals surface area (Å²) in [4.78, 5) is 0. The number of rotatable bonds is 5. The van der Waals surface area contributed by atoms with Gasteiger partial charge in [0.1, 0.15) is 5.82 Å². The van der Waals surface area contributed by atoms with Crippen LogP contribution in [0.2, 0.25) is 0 Å². The maximum absolute atomic E-state index is 13.8. The second-order valence-corrected chi connectivity index (χ2v) is 7.75. The molecule has 1 fully saturated rings. The maximum atomic E-state index is 13.8. The molecule has 0 spiro atoms. The lowest BCUT2D eigenvalue weighted by Crippen LogP contribution is -2.39. The van der Waals surface area contributed by atoms with Gasteiger partial charge in [0.25, 0.3) is 0 Å². The Bertz CT molecular complexity index is 576. The van der Waals surface area contributed by atoms with Crippen molar-refractivity contribution in [2.24, 2.45) is 5.92 Å². The van der Waals surface area contributed by atoms with Crippen LogP contribution in [0.5, 0.6) is 0 Å². The molecular weight excluding hydrogens is 293 g/mol. The lowest BCUT2D eigenvalue weighted by Gasteiger charge is -2.32. The minimum atomic E-state index is -3.18. The first-order valence-electron chi connectivity index (χ1n) is 7.22. The number of hydrogen-bond acceptors (Lipinski definition) is 3. The number of halogens is 1. The highest BCUT2D eigenvalue weighted by molar-refractivity contribution is 7.88. The van der Waals surface area contributed by atoms with Crippen LogP contribution < -0.4 is 0 Å². The number of nitrogens with zero attached hydrogens (tertiary/aromatic N) is 1. The molecule has 1 aromatic carbocycles. The summed E-state index contributed by atoms with van der Waals surface area (Å²) < 4.78 is 38.6. The number of aliphatic hydroxyl groups is 1. The van der Waals surface area contributed by atoms with Crippen molar-refractivity contribution in [1.29, 1.82) is 0 Å². The van der Waals surface area contributed by atoms with E-state index in [-0.39, 0.29) is 24.3 Å². The predicted octanol–water partition coefficient (Wildman–Crippen LogP) is 1.96. The van der Waals surface area contributed by atoms with E-state index in [1.54, 1.807) is 18.2 Å². The highest BCUT2D eigenvalue weighted by Gasteiger charge is 2.28. The minimum Gasteiger partial charge on any atom is -0.396 e. The van der Waals surface area contributed by atoms with Crippen LogP contribution in [0.15, 0.2) is 24.3 Å². The minimum absolute atomic E-state index is 0.129. The van der Waals surface area contributed by atoms with E-state index in [9.17, 15) is 17.9 Å². The Morgan fingerprint density at radius 1 is 1.43 bits per heavy atom. The normalized spacial score (nSPS) is 22.1. The molecule has 2 atom stereocenters. The summed E-state index contributed by atoms with van der Waals surface area (Å²) in [5, 5.41) is 9.56. The topological polar surface area (TPSA) is 57.6 Å². The quantitative estimate of drug-likeness (QED) is 0.904. The number of aliphatic hydroxyl groups excluding tert-OH is 1. The molecule has 21 heavy (non-hydrogen) atoms. The summed E-state index contributed by atoms with van der Waals surface area (Å²) >= 11 is 0. The smallest absolute Gasteiger partial charge is 0.211 e. The van der Waals surface area contributed by atoms with Crippen LogP contribution in [0, 0.1) is 11.7 Å². The van der Waals surface area contributed by atoms with Crippen molar-refractivity contribution in [3.63, 3.8) is 0 Å². The number of sulfonamides is 1. The molecule has 0 aliphatic carbocycles. The summed E-state index contributed by atoms with van der Waals surface area (Å²) in [6, 6.07) is 6.46. The van der Waals surface area contributed by atoms with E-state index in [0.29, 0.717) is 25.1 Å². The Morgan fingerprint density at radius 3 is 2.76 bits per heavy atom. The van der Waals surface area contributed by atoms with Crippen LogP contribution in [0.3, 0.4) is 0 Å². The van der Waals surface area contributed by atoms with Gasteiger partial charge in [-0.1, -0.05) is 18.2 Å². The van der Waals surface area contributed by atoms with Gasteiger partial charge in [-0.15, -0.1) is 0 Å². The van der Waals surface area contributed by atoms with Crippen molar-refractivity contribution >= 4 is 10.0 Å². The molecule has 1 aliphatic heterocycles. The van der Waals surface area contributed by atoms with Gasteiger partial charge >= 0.3 is 0 Å². The first-order chi connectivity index (χ1) is 9.91. The SMILES string of the molecule is CS(=O)(=O)N1CCCC(CC(CO)c2ccccc2F)C1. The molecule has 1 aliphatic rings. The molecule has 4 nitrogen and oxygen atoms in total. The molecule has 0 amide bonds. The van der Waals surface area contributed by atoms with Crippen molar-refractivity contribution < 1.29 is 17.9 Å². The average molecular weight is 315 g/mol. The standard InChI is InChI=1S/C15H22FNO3S/c1-21(19,20)17-8-4-5-12(10-17)9-13(11-18)14-6-2-3-7-15(14)16/h2-3,6-7,12-13,18H,4-5,8-11H2,1H3. The summed E-state index contributed by atoms with van der Waals surface area (Å²) in [5.41, 5.74) is 0.511. The zero-order chi connectivity index (χ0) is 15.5. The van der Waals surface area contributed by atoms with Gasteiger partial charge in [0, 0.05) is 19.0 Å². The Hall–Kier alpha value is -0.980. The van der Waals surface area contributed by atoms with E-state index in [0.717, 1.165) is 12.8 Å². The van der Waals surface area contributed by atoms with Crippen molar-refractivity contribution in [1.82, 2.24) is 4.31 Å². The van der Waals surface area contributed by atoms with E-state index in [4.69, 9.17) is 0 Å². The number of benzene rings is 1. The summed E-state index contributed by atoms with van der Waals surface area (Å²) in [6.45, 7) is 0.888. The van der Waals surface area contributed by atoms with Crippen molar-refractivity contribution in [3.05, 3.63) is 35.6 Å². The molecule has 118 valence electrons. The second kappa shape index (κ2) is 6.85. The first-order valence-corrected chi connectivity index (χ1v) is 9.07. The third kappa shape index (κ3) is 4.25. The highest BCUT2D eigenvalue weighted by atomic mass is 32.2. The Morgan fingerprint density at radius 2 is 2.14 bits per heavy atom. The first kappa shape index (κ1) is 16.4. The van der Waals surface area contributed by atoms with Gasteiger partial charge in [0.05, 0.1) is 12.9 Å². The van der Waals surface area contributed by atoms with Gasteiger partial charge in [-0.2, -0.15) is 0 Å². The fourth-order valence-corrected chi connectivity index (χ4v) is 3.97. The second-order valence-electron chi connectivity index (χ2n) is 5.77. The molecule has 2 rings (SSSR count). The lowest BCUT2D eigenvalue weighted by molar-refractivity contribution is 0.204. The maximum Gasteiger partial charge on any atom is 0.211 e. The van der Waals surface area contributed by atoms with Crippen molar-refractivity contribution in [2.45, 2.75) is 25.2 Å². The van der Waals surface area contributed by atoms with Crippen LogP contribution in [-0.2, 0) is 10.0 Å². The van der Waals surface area contributed by atoms with Crippen LogP contribution >= 0.6 is 0 Å². The van der Waals surface area contributed by atoms with Crippen molar-refractivity contribution in [2.75, 3.05) is 26.0 Å². The molecule has 2 unspecified atom stereocenters. The Kier molecular flexibility index (Phi) is 5.35. The van der Waals surface area contributed by atoms with Gasteiger partial charge in [0.15, 0.2) is 0 Å². The van der Waals surface area contributed by atoms with Gasteiger partial charge in [-0.25, -0.2) is 17.1 Å². The third-order valence-corrected chi connectivity index (χ3v) is 5.40. The molecule has 0 bridgehead atoms. The number of piperidine rings is 1. The molecule has 1 heterocycles. The molecule has 1 N–H and O–H groups in total. The van der Waals surface area contributed by atoms with E-state index >= 15 is 0 Å². The van der Waals surface area contributed by atoms with Crippen LogP contribution in [0.25, 0.3) is 0 Å². The van der Waals surface area contributed by atoms with E-state index in [1.165, 1.54) is 16.6 Å². The predicted molar refractivity (Wildman–Crippen MR) is 80.0 cm³/mol. The van der Waals surface area contributed by atoms with Gasteiger partial charge in [0.2, 0.25) is 10.0 Å². The highest BCUT2D eigenvalue weighted by Crippen LogP contribution is 2.30. The largest absolute Gasteiger partial charge is 0.396 e. The molecule has 1 saturated heterocycles. The molecular formula is C15H22FNO3S. The third-order valence-electron chi connectivity index (χ3n) is 4.13. The molecule has 6 heteroatoms. The summed E-state index contributed by atoms with van der Waals surface area (Å²) in [6.07, 6.45) is 3.54. The molecule has 1 aromatic rings. The van der Waals surface area contributed by atoms with Gasteiger partial charge in [-0.05, 0) is 36.8 Å². The van der Waals surface area contributed by atoms with E-state index in [2.05, 4.69) is 0 Å². The summed E-state index contributed by atoms with van der Waals surface area (Å²) in [7, 11) is -3.18. The molecule has 0 saturated carbocycles. The molecule has 0 radical (unpaired) electrons. The monoisotopic (exact) mass is 315 g/mol. The van der Waals surface area contributed by atoms with E-state index < -0.39 is 10.0 Å². The Balaban J connectivity index is 2.07. The number of hydrogen-bond donors (Lipinski definition) is 1. The van der Waals surface area contributed by atoms with Crippen molar-refractivity contribution in [3.8, 4) is 0 Å². The lowest BCUT2D eigenvalue weighted by atomic mass is 9.85. The van der Waals surface area contributed by atoms with Crippen LogP contribution in [0.1, 0.15) is 30.7 Å². The fourth-order valence-electron chi connectivity index (χ4n) is 3.03. The van der Waals surface area contributed by atoms with Crippen LogP contribution in [-0.4, -0.2) is 43.8 Å². The Labute approximate surface area is 125 Å². The van der Waals surface area contributed by atoms with Crippen LogP contribution in [0.4, 0.5) is 4.39 Å². The van der Waals surface area contributed by atoms with Gasteiger partial charge < -0.3 is 5.11 Å².